The first-order chi connectivity index (χ1) is 19.1. The van der Waals surface area contributed by atoms with E-state index in [2.05, 4.69) is 76.9 Å². The van der Waals surface area contributed by atoms with Gasteiger partial charge in [-0.1, -0.05) is 66.7 Å². The summed E-state index contributed by atoms with van der Waals surface area (Å²) in [7, 11) is 0. The van der Waals surface area contributed by atoms with Gasteiger partial charge in [-0.2, -0.15) is 0 Å². The number of rotatable bonds is 7. The van der Waals surface area contributed by atoms with Crippen LogP contribution in [-0.4, -0.2) is 58.5 Å². The van der Waals surface area contributed by atoms with Gasteiger partial charge >= 0.3 is 0 Å². The van der Waals surface area contributed by atoms with Crippen molar-refractivity contribution < 1.29 is 14.9 Å². The molecule has 0 unspecified atom stereocenters. The van der Waals surface area contributed by atoms with Gasteiger partial charge in [0, 0.05) is 36.7 Å². The molecule has 2 saturated carbocycles. The Kier molecular flexibility index (Phi) is 5.42. The van der Waals surface area contributed by atoms with Crippen LogP contribution in [0.15, 0.2) is 72.8 Å². The van der Waals surface area contributed by atoms with Crippen molar-refractivity contribution in [2.45, 2.75) is 73.6 Å². The number of phenols is 1. The average molecular weight is 523 g/mol. The van der Waals surface area contributed by atoms with Crippen LogP contribution in [0.5, 0.6) is 11.5 Å². The summed E-state index contributed by atoms with van der Waals surface area (Å²) in [6.45, 7) is 2.88. The highest BCUT2D eigenvalue weighted by Crippen LogP contribution is 2.65. The second-order valence-electron chi connectivity index (χ2n) is 12.7. The Bertz CT molecular complexity index is 1340. The van der Waals surface area contributed by atoms with Crippen molar-refractivity contribution in [3.05, 3.63) is 95.1 Å². The molecule has 5 aliphatic rings. The summed E-state index contributed by atoms with van der Waals surface area (Å²) in [5, 5.41) is 27.6. The molecule has 202 valence electrons. The first kappa shape index (κ1) is 24.0. The maximum atomic E-state index is 12.7. The summed E-state index contributed by atoms with van der Waals surface area (Å²) in [5.74, 6) is 1.85. The topological polar surface area (TPSA) is 65.0 Å². The van der Waals surface area contributed by atoms with Crippen molar-refractivity contribution >= 4 is 0 Å². The smallest absolute Gasteiger partial charge is 0.165 e. The molecule has 0 aromatic heterocycles. The number of nitrogens with one attached hydrogen (secondary N) is 1. The lowest BCUT2D eigenvalue weighted by Gasteiger charge is -2.64. The number of hydrogen-bond donors (Lipinski definition) is 3. The van der Waals surface area contributed by atoms with Crippen LogP contribution >= 0.6 is 0 Å². The van der Waals surface area contributed by atoms with E-state index in [-0.39, 0.29) is 29.9 Å². The normalized spacial score (nSPS) is 32.6. The highest BCUT2D eigenvalue weighted by molar-refractivity contribution is 5.62. The fourth-order valence-corrected chi connectivity index (χ4v) is 8.76. The van der Waals surface area contributed by atoms with E-state index in [0.717, 1.165) is 56.8 Å². The van der Waals surface area contributed by atoms with Gasteiger partial charge in [-0.3, -0.25) is 4.90 Å². The van der Waals surface area contributed by atoms with Crippen LogP contribution in [0.2, 0.25) is 0 Å². The Labute approximate surface area is 230 Å². The lowest BCUT2D eigenvalue weighted by molar-refractivity contribution is -0.191. The van der Waals surface area contributed by atoms with E-state index in [1.807, 2.05) is 0 Å². The number of aliphatic hydroxyl groups is 1. The minimum absolute atomic E-state index is 0.0913. The fourth-order valence-electron chi connectivity index (χ4n) is 8.76. The van der Waals surface area contributed by atoms with Gasteiger partial charge in [0.05, 0.1) is 11.0 Å². The third-order valence-corrected chi connectivity index (χ3v) is 10.8. The van der Waals surface area contributed by atoms with Crippen LogP contribution < -0.4 is 10.1 Å². The quantitative estimate of drug-likeness (QED) is 0.418. The number of likely N-dealkylation sites (tertiary alicyclic amines) is 1. The SMILES string of the molecule is Oc1ccc2c3c1O[C@H]1[C@H](NCC(c4ccccc4)c4ccccc4)CC[C@@]4(O)[C@@H](C2)N(CC2CC2)CC[C@]314. The molecule has 5 heteroatoms. The molecule has 0 amide bonds. The molecule has 39 heavy (non-hydrogen) atoms. The lowest BCUT2D eigenvalue weighted by Crippen LogP contribution is -2.78. The highest BCUT2D eigenvalue weighted by Gasteiger charge is 2.72. The second-order valence-corrected chi connectivity index (χ2v) is 12.7. The van der Waals surface area contributed by atoms with E-state index in [4.69, 9.17) is 4.74 Å². The van der Waals surface area contributed by atoms with E-state index in [1.54, 1.807) is 6.07 Å². The van der Waals surface area contributed by atoms with Crippen LogP contribution in [0.1, 0.15) is 60.3 Å². The van der Waals surface area contributed by atoms with Crippen molar-refractivity contribution in [1.29, 1.82) is 0 Å². The van der Waals surface area contributed by atoms with E-state index in [0.29, 0.717) is 5.75 Å². The van der Waals surface area contributed by atoms with E-state index < -0.39 is 11.0 Å². The summed E-state index contributed by atoms with van der Waals surface area (Å²) >= 11 is 0. The maximum Gasteiger partial charge on any atom is 0.165 e. The molecule has 3 aromatic rings. The number of nitrogens with zero attached hydrogens (tertiary/aromatic N) is 1. The largest absolute Gasteiger partial charge is 0.504 e. The van der Waals surface area contributed by atoms with Crippen LogP contribution in [0.3, 0.4) is 0 Å². The van der Waals surface area contributed by atoms with Crippen molar-refractivity contribution in [3.63, 3.8) is 0 Å². The molecule has 5 atom stereocenters. The van der Waals surface area contributed by atoms with Gasteiger partial charge in [0.1, 0.15) is 6.10 Å². The molecular weight excluding hydrogens is 484 g/mol. The molecule has 3 N–H and O–H groups in total. The second kappa shape index (κ2) is 8.82. The number of piperidine rings is 1. The summed E-state index contributed by atoms with van der Waals surface area (Å²) in [5.41, 5.74) is 3.63. The molecule has 2 aliphatic heterocycles. The number of ether oxygens (including phenoxy) is 1. The van der Waals surface area contributed by atoms with Gasteiger partial charge in [0.25, 0.3) is 0 Å². The Morgan fingerprint density at radius 2 is 1.64 bits per heavy atom. The first-order valence-corrected chi connectivity index (χ1v) is 14.9. The Morgan fingerprint density at radius 3 is 2.33 bits per heavy atom. The third kappa shape index (κ3) is 3.49. The van der Waals surface area contributed by atoms with E-state index >= 15 is 0 Å². The van der Waals surface area contributed by atoms with E-state index in [1.165, 1.54) is 29.5 Å². The molecule has 0 radical (unpaired) electrons. The van der Waals surface area contributed by atoms with Gasteiger partial charge in [-0.15, -0.1) is 0 Å². The zero-order valence-corrected chi connectivity index (χ0v) is 22.4. The molecule has 1 saturated heterocycles. The summed E-state index contributed by atoms with van der Waals surface area (Å²) in [6, 6.07) is 25.6. The number of aromatic hydroxyl groups is 1. The standard InChI is InChI=1S/C34H38N2O3/c37-28-14-13-25-19-29-34(38)16-15-27(35-20-26(23-7-3-1-4-8-23)24-9-5-2-6-10-24)32-33(34,30(25)31(28)39-32)17-18-36(29)21-22-11-12-22/h1-10,13-14,22,26-27,29,32,35,37-38H,11-12,15-21H2/t27-,29-,32+,33+,34-/m1/s1. The molecule has 2 bridgehead atoms. The molecule has 3 aromatic carbocycles. The fraction of sp³-hybridized carbons (Fsp3) is 0.471. The summed E-state index contributed by atoms with van der Waals surface area (Å²) in [4.78, 5) is 2.60. The molecule has 2 heterocycles. The first-order valence-electron chi connectivity index (χ1n) is 14.9. The molecule has 1 spiro atoms. The monoisotopic (exact) mass is 522 g/mol. The molecule has 8 rings (SSSR count). The minimum Gasteiger partial charge on any atom is -0.504 e. The predicted molar refractivity (Wildman–Crippen MR) is 151 cm³/mol. The van der Waals surface area contributed by atoms with Crippen LogP contribution in [0, 0.1) is 5.92 Å². The Morgan fingerprint density at radius 1 is 0.923 bits per heavy atom. The van der Waals surface area contributed by atoms with Crippen molar-refractivity contribution in [3.8, 4) is 11.5 Å². The van der Waals surface area contributed by atoms with Crippen LogP contribution in [0.25, 0.3) is 0 Å². The molecule has 5 nitrogen and oxygen atoms in total. The van der Waals surface area contributed by atoms with Gasteiger partial charge < -0.3 is 20.3 Å². The summed E-state index contributed by atoms with van der Waals surface area (Å²) in [6.07, 6.45) is 5.78. The molecule has 3 fully saturated rings. The highest BCUT2D eigenvalue weighted by atomic mass is 16.5. The summed E-state index contributed by atoms with van der Waals surface area (Å²) < 4.78 is 6.77. The lowest BCUT2D eigenvalue weighted by atomic mass is 9.48. The Hall–Kier alpha value is -2.86. The van der Waals surface area contributed by atoms with Crippen LogP contribution in [0.4, 0.5) is 0 Å². The Balaban J connectivity index is 1.15. The third-order valence-electron chi connectivity index (χ3n) is 10.8. The van der Waals surface area contributed by atoms with Gasteiger partial charge in [-0.25, -0.2) is 0 Å². The maximum absolute atomic E-state index is 12.7. The minimum atomic E-state index is -0.840. The van der Waals surface area contributed by atoms with Gasteiger partial charge in [0.15, 0.2) is 11.5 Å². The van der Waals surface area contributed by atoms with E-state index in [9.17, 15) is 10.2 Å². The van der Waals surface area contributed by atoms with Crippen molar-refractivity contribution in [2.24, 2.45) is 5.92 Å². The van der Waals surface area contributed by atoms with Crippen LogP contribution in [-0.2, 0) is 11.8 Å². The zero-order valence-electron chi connectivity index (χ0n) is 22.4. The van der Waals surface area contributed by atoms with Gasteiger partial charge in [-0.05, 0) is 73.7 Å². The number of hydrogen-bond acceptors (Lipinski definition) is 5. The van der Waals surface area contributed by atoms with Crippen molar-refractivity contribution in [2.75, 3.05) is 19.6 Å². The zero-order chi connectivity index (χ0) is 26.2. The number of phenolic OH excluding ortho intramolecular Hbond substituents is 1. The van der Waals surface area contributed by atoms with Crippen molar-refractivity contribution in [1.82, 2.24) is 10.2 Å². The van der Waals surface area contributed by atoms with Gasteiger partial charge in [0.2, 0.25) is 0 Å². The predicted octanol–water partition coefficient (Wildman–Crippen LogP) is 4.75. The number of benzene rings is 3. The molecular formula is C34H38N2O3. The molecule has 3 aliphatic carbocycles. The average Bonchev–Trinajstić information content (AvgIpc) is 3.71.